The maximum absolute atomic E-state index is 5.42. The number of hydrogen-bond donors (Lipinski definition) is 1. The lowest BCUT2D eigenvalue weighted by atomic mass is 10.6. The van der Waals surface area contributed by atoms with Gasteiger partial charge in [-0.15, -0.1) is 10.2 Å². The van der Waals surface area contributed by atoms with E-state index in [0.717, 1.165) is 28.3 Å². The molecule has 0 radical (unpaired) electrons. The molecule has 0 aliphatic rings. The van der Waals surface area contributed by atoms with Crippen molar-refractivity contribution in [3.63, 3.8) is 0 Å². The van der Waals surface area contributed by atoms with Gasteiger partial charge in [-0.25, -0.2) is 0 Å². The molecule has 0 amide bonds. The molecule has 0 aromatic carbocycles. The van der Waals surface area contributed by atoms with Crippen LogP contribution in [0, 0.1) is 0 Å². The fourth-order valence-electron chi connectivity index (χ4n) is 1.03. The molecule has 0 saturated heterocycles. The summed E-state index contributed by atoms with van der Waals surface area (Å²) in [6.45, 7) is 6.89. The highest BCUT2D eigenvalue weighted by Gasteiger charge is 2.08. The van der Waals surface area contributed by atoms with Gasteiger partial charge in [-0.2, -0.15) is 0 Å². The normalized spacial score (nSPS) is 10.5. The second-order valence-corrected chi connectivity index (χ2v) is 4.96. The molecule has 0 spiro atoms. The first-order valence-corrected chi connectivity index (χ1v) is 6.53. The Labute approximate surface area is 92.9 Å². The predicted molar refractivity (Wildman–Crippen MR) is 63.2 cm³/mol. The van der Waals surface area contributed by atoms with Gasteiger partial charge in [0.25, 0.3) is 0 Å². The van der Waals surface area contributed by atoms with Gasteiger partial charge in [0.2, 0.25) is 5.13 Å². The molecule has 0 unspecified atom stereocenters. The summed E-state index contributed by atoms with van der Waals surface area (Å²) in [5, 5.41) is 9.26. The van der Waals surface area contributed by atoms with Crippen LogP contribution in [0.2, 0.25) is 0 Å². The molecular weight excluding hydrogens is 216 g/mol. The van der Waals surface area contributed by atoms with Crippen molar-refractivity contribution in [2.24, 2.45) is 5.73 Å². The molecule has 80 valence electrons. The molecule has 0 saturated carbocycles. The van der Waals surface area contributed by atoms with Crippen molar-refractivity contribution in [2.45, 2.75) is 18.2 Å². The summed E-state index contributed by atoms with van der Waals surface area (Å²) in [7, 11) is 0. The Morgan fingerprint density at radius 2 is 2.07 bits per heavy atom. The van der Waals surface area contributed by atoms with E-state index in [9.17, 15) is 0 Å². The van der Waals surface area contributed by atoms with Gasteiger partial charge >= 0.3 is 0 Å². The smallest absolute Gasteiger partial charge is 0.209 e. The SMILES string of the molecule is CCN(CC)c1nnc(SCCN)s1. The minimum Gasteiger partial charge on any atom is -0.347 e. The van der Waals surface area contributed by atoms with Crippen molar-refractivity contribution < 1.29 is 0 Å². The summed E-state index contributed by atoms with van der Waals surface area (Å²) in [4.78, 5) is 2.20. The Morgan fingerprint density at radius 1 is 1.36 bits per heavy atom. The maximum Gasteiger partial charge on any atom is 0.209 e. The number of aromatic nitrogens is 2. The molecule has 6 heteroatoms. The van der Waals surface area contributed by atoms with Crippen molar-refractivity contribution in [1.29, 1.82) is 0 Å². The third kappa shape index (κ3) is 3.11. The van der Waals surface area contributed by atoms with Crippen LogP contribution in [0.15, 0.2) is 4.34 Å². The molecular formula is C8H16N4S2. The van der Waals surface area contributed by atoms with Crippen molar-refractivity contribution in [3.8, 4) is 0 Å². The van der Waals surface area contributed by atoms with E-state index in [1.807, 2.05) is 0 Å². The molecule has 4 nitrogen and oxygen atoms in total. The van der Waals surface area contributed by atoms with Crippen LogP contribution in [0.4, 0.5) is 5.13 Å². The van der Waals surface area contributed by atoms with Crippen LogP contribution >= 0.6 is 23.1 Å². The van der Waals surface area contributed by atoms with E-state index in [1.165, 1.54) is 0 Å². The average molecular weight is 232 g/mol. The van der Waals surface area contributed by atoms with Gasteiger partial charge in [-0.1, -0.05) is 23.1 Å². The molecule has 2 N–H and O–H groups in total. The first kappa shape index (κ1) is 11.7. The summed E-state index contributed by atoms with van der Waals surface area (Å²) in [5.41, 5.74) is 5.42. The summed E-state index contributed by atoms with van der Waals surface area (Å²) in [6, 6.07) is 0. The van der Waals surface area contributed by atoms with Gasteiger partial charge in [-0.05, 0) is 13.8 Å². The number of anilines is 1. The highest BCUT2D eigenvalue weighted by Crippen LogP contribution is 2.27. The van der Waals surface area contributed by atoms with Crippen LogP contribution in [-0.2, 0) is 0 Å². The third-order valence-electron chi connectivity index (χ3n) is 1.77. The lowest BCUT2D eigenvalue weighted by Crippen LogP contribution is -2.21. The van der Waals surface area contributed by atoms with E-state index >= 15 is 0 Å². The second-order valence-electron chi connectivity index (χ2n) is 2.66. The maximum atomic E-state index is 5.42. The molecule has 0 atom stereocenters. The molecule has 1 heterocycles. The van der Waals surface area contributed by atoms with Crippen molar-refractivity contribution in [3.05, 3.63) is 0 Å². The average Bonchev–Trinajstić information content (AvgIpc) is 2.65. The van der Waals surface area contributed by atoms with Gasteiger partial charge in [-0.3, -0.25) is 0 Å². The molecule has 1 rings (SSSR count). The number of nitrogens with zero attached hydrogens (tertiary/aromatic N) is 3. The van der Waals surface area contributed by atoms with E-state index in [2.05, 4.69) is 28.9 Å². The Balaban J connectivity index is 2.57. The zero-order valence-electron chi connectivity index (χ0n) is 8.56. The van der Waals surface area contributed by atoms with E-state index in [4.69, 9.17) is 5.73 Å². The van der Waals surface area contributed by atoms with Crippen molar-refractivity contribution in [1.82, 2.24) is 10.2 Å². The Kier molecular flexibility index (Phi) is 5.21. The summed E-state index contributed by atoms with van der Waals surface area (Å²) >= 11 is 3.31. The first-order chi connectivity index (χ1) is 6.81. The van der Waals surface area contributed by atoms with Crippen LogP contribution < -0.4 is 10.6 Å². The number of rotatable bonds is 6. The van der Waals surface area contributed by atoms with Crippen molar-refractivity contribution in [2.75, 3.05) is 30.3 Å². The molecule has 0 aliphatic carbocycles. The quantitative estimate of drug-likeness (QED) is 0.752. The fraction of sp³-hybridized carbons (Fsp3) is 0.750. The van der Waals surface area contributed by atoms with Crippen LogP contribution in [0.1, 0.15) is 13.8 Å². The second kappa shape index (κ2) is 6.21. The van der Waals surface area contributed by atoms with Crippen LogP contribution in [0.3, 0.4) is 0 Å². The van der Waals surface area contributed by atoms with Gasteiger partial charge in [0.05, 0.1) is 0 Å². The summed E-state index contributed by atoms with van der Waals surface area (Å²) in [6.07, 6.45) is 0. The van der Waals surface area contributed by atoms with Gasteiger partial charge in [0.1, 0.15) is 0 Å². The van der Waals surface area contributed by atoms with Gasteiger partial charge < -0.3 is 10.6 Å². The predicted octanol–water partition coefficient (Wildman–Crippen LogP) is 1.44. The van der Waals surface area contributed by atoms with E-state index in [0.29, 0.717) is 6.54 Å². The largest absolute Gasteiger partial charge is 0.347 e. The Bertz CT molecular complexity index is 260. The summed E-state index contributed by atoms with van der Waals surface area (Å²) in [5.74, 6) is 0.910. The molecule has 14 heavy (non-hydrogen) atoms. The first-order valence-electron chi connectivity index (χ1n) is 4.73. The fourth-order valence-corrected chi connectivity index (χ4v) is 2.84. The molecule has 0 fully saturated rings. The number of hydrogen-bond acceptors (Lipinski definition) is 6. The van der Waals surface area contributed by atoms with Gasteiger partial charge in [0, 0.05) is 25.4 Å². The third-order valence-corrected chi connectivity index (χ3v) is 3.92. The number of nitrogens with two attached hydrogens (primary N) is 1. The molecule has 1 aromatic rings. The van der Waals surface area contributed by atoms with Crippen LogP contribution in [0.5, 0.6) is 0 Å². The number of thioether (sulfide) groups is 1. The highest BCUT2D eigenvalue weighted by atomic mass is 32.2. The Morgan fingerprint density at radius 3 is 2.64 bits per heavy atom. The topological polar surface area (TPSA) is 55.0 Å². The van der Waals surface area contributed by atoms with Crippen LogP contribution in [0.25, 0.3) is 0 Å². The molecule has 0 aliphatic heterocycles. The molecule has 0 bridgehead atoms. The van der Waals surface area contributed by atoms with E-state index in [1.54, 1.807) is 23.1 Å². The lowest BCUT2D eigenvalue weighted by Gasteiger charge is -2.15. The standard InChI is InChI=1S/C8H16N4S2/c1-3-12(4-2)7-10-11-8(14-7)13-6-5-9/h3-6,9H2,1-2H3. The minimum atomic E-state index is 0.685. The highest BCUT2D eigenvalue weighted by molar-refractivity contribution is 8.01. The monoisotopic (exact) mass is 232 g/mol. The zero-order chi connectivity index (χ0) is 10.4. The van der Waals surface area contributed by atoms with Gasteiger partial charge in [0.15, 0.2) is 4.34 Å². The minimum absolute atomic E-state index is 0.685. The van der Waals surface area contributed by atoms with Crippen molar-refractivity contribution >= 4 is 28.2 Å². The zero-order valence-corrected chi connectivity index (χ0v) is 10.2. The van der Waals surface area contributed by atoms with E-state index < -0.39 is 0 Å². The molecule has 1 aromatic heterocycles. The Hall–Kier alpha value is -0.330. The van der Waals surface area contributed by atoms with Crippen LogP contribution in [-0.4, -0.2) is 35.6 Å². The van der Waals surface area contributed by atoms with E-state index in [-0.39, 0.29) is 0 Å². The lowest BCUT2D eigenvalue weighted by molar-refractivity contribution is 0.841. The summed E-state index contributed by atoms with van der Waals surface area (Å²) < 4.78 is 1.01.